The Morgan fingerprint density at radius 3 is 2.36 bits per heavy atom. The number of hydrogen-bond donors (Lipinski definition) is 2. The maximum atomic E-state index is 11.1. The summed E-state index contributed by atoms with van der Waals surface area (Å²) in [6, 6.07) is 0. The molecule has 1 rings (SSSR count). The van der Waals surface area contributed by atoms with E-state index >= 15 is 0 Å². The van der Waals surface area contributed by atoms with Crippen LogP contribution >= 0.6 is 0 Å². The molecule has 0 unspecified atom stereocenters. The van der Waals surface area contributed by atoms with Gasteiger partial charge in [0, 0.05) is 25.2 Å². The van der Waals surface area contributed by atoms with Crippen LogP contribution in [0.2, 0.25) is 0 Å². The van der Waals surface area contributed by atoms with Gasteiger partial charge in [0.2, 0.25) is 0 Å². The molecule has 0 atom stereocenters. The lowest BCUT2D eigenvalue weighted by Crippen LogP contribution is -2.31. The van der Waals surface area contributed by atoms with Crippen molar-refractivity contribution >= 4 is 11.8 Å². The molecule has 78 valence electrons. The average molecular weight is 197 g/mol. The summed E-state index contributed by atoms with van der Waals surface area (Å²) in [6.45, 7) is 1.27. The van der Waals surface area contributed by atoms with Gasteiger partial charge < -0.3 is 0 Å². The summed E-state index contributed by atoms with van der Waals surface area (Å²) in [5.74, 6) is 4.69. The van der Waals surface area contributed by atoms with Gasteiger partial charge in [-0.25, -0.2) is 0 Å². The third kappa shape index (κ3) is 2.93. The first-order valence-electron chi connectivity index (χ1n) is 4.72. The fourth-order valence-electron chi connectivity index (χ4n) is 1.33. The van der Waals surface area contributed by atoms with Gasteiger partial charge in [-0.3, -0.25) is 25.8 Å². The van der Waals surface area contributed by atoms with E-state index in [0.717, 1.165) is 25.8 Å². The smallest absolute Gasteiger partial charge is 0.253 e. The van der Waals surface area contributed by atoms with Crippen molar-refractivity contribution in [2.24, 2.45) is 5.84 Å². The van der Waals surface area contributed by atoms with Crippen molar-refractivity contribution in [2.45, 2.75) is 19.3 Å². The van der Waals surface area contributed by atoms with Gasteiger partial charge in [-0.05, 0) is 12.8 Å². The molecule has 3 N–H and O–H groups in total. The molecule has 5 heteroatoms. The molecule has 14 heavy (non-hydrogen) atoms. The van der Waals surface area contributed by atoms with E-state index in [1.54, 1.807) is 0 Å². The Morgan fingerprint density at radius 1 is 1.14 bits per heavy atom. The Bertz CT molecular complexity index is 232. The lowest BCUT2D eigenvalue weighted by molar-refractivity contribution is -0.136. The minimum Gasteiger partial charge on any atom is -0.275 e. The Balaban J connectivity index is 2.13. The van der Waals surface area contributed by atoms with Gasteiger partial charge in [0.25, 0.3) is 11.8 Å². The molecule has 0 aromatic rings. The van der Waals surface area contributed by atoms with Crippen molar-refractivity contribution in [3.05, 3.63) is 12.2 Å². The zero-order valence-corrected chi connectivity index (χ0v) is 8.03. The number of imide groups is 1. The van der Waals surface area contributed by atoms with Crippen LogP contribution < -0.4 is 11.3 Å². The van der Waals surface area contributed by atoms with E-state index in [1.165, 1.54) is 17.1 Å². The molecule has 1 heterocycles. The summed E-state index contributed by atoms with van der Waals surface area (Å²) < 4.78 is 0. The summed E-state index contributed by atoms with van der Waals surface area (Å²) in [4.78, 5) is 23.4. The van der Waals surface area contributed by atoms with Crippen molar-refractivity contribution in [3.8, 4) is 0 Å². The van der Waals surface area contributed by atoms with E-state index in [2.05, 4.69) is 5.43 Å². The van der Waals surface area contributed by atoms with Crippen LogP contribution in [0, 0.1) is 0 Å². The molecule has 0 saturated carbocycles. The molecule has 1 aliphatic rings. The zero-order valence-electron chi connectivity index (χ0n) is 8.03. The van der Waals surface area contributed by atoms with Crippen LogP contribution in [-0.4, -0.2) is 29.8 Å². The highest BCUT2D eigenvalue weighted by atomic mass is 16.2. The fourth-order valence-corrected chi connectivity index (χ4v) is 1.33. The Hall–Kier alpha value is -1.20. The predicted molar refractivity (Wildman–Crippen MR) is 51.9 cm³/mol. The highest BCUT2D eigenvalue weighted by Crippen LogP contribution is 2.05. The Kier molecular flexibility index (Phi) is 4.28. The number of hydrazine groups is 1. The van der Waals surface area contributed by atoms with E-state index in [0.29, 0.717) is 6.54 Å². The summed E-state index contributed by atoms with van der Waals surface area (Å²) in [5, 5.41) is 0. The van der Waals surface area contributed by atoms with Crippen LogP contribution in [0.25, 0.3) is 0 Å². The Labute approximate surface area is 82.9 Å². The second kappa shape index (κ2) is 5.51. The van der Waals surface area contributed by atoms with Crippen LogP contribution in [0.3, 0.4) is 0 Å². The maximum absolute atomic E-state index is 11.1. The average Bonchev–Trinajstić information content (AvgIpc) is 2.48. The van der Waals surface area contributed by atoms with Crippen LogP contribution in [0.1, 0.15) is 19.3 Å². The number of rotatable bonds is 6. The van der Waals surface area contributed by atoms with Crippen LogP contribution in [0.5, 0.6) is 0 Å². The standard InChI is InChI=1S/C9H15N3O2/c10-11-6-2-1-3-7-12-8(13)4-5-9(12)14/h4-5,11H,1-3,6-7,10H2. The molecule has 0 radical (unpaired) electrons. The molecule has 1 aliphatic heterocycles. The molecule has 0 spiro atoms. The summed E-state index contributed by atoms with van der Waals surface area (Å²) in [6.07, 6.45) is 5.37. The Morgan fingerprint density at radius 2 is 1.79 bits per heavy atom. The predicted octanol–water partition coefficient (Wildman–Crippen LogP) is -0.455. The van der Waals surface area contributed by atoms with Crippen molar-refractivity contribution < 1.29 is 9.59 Å². The summed E-state index contributed by atoms with van der Waals surface area (Å²) >= 11 is 0. The van der Waals surface area contributed by atoms with Gasteiger partial charge in [0.15, 0.2) is 0 Å². The van der Waals surface area contributed by atoms with Crippen LogP contribution in [-0.2, 0) is 9.59 Å². The highest BCUT2D eigenvalue weighted by molar-refractivity contribution is 6.12. The lowest BCUT2D eigenvalue weighted by atomic mass is 10.2. The second-order valence-corrected chi connectivity index (χ2v) is 3.18. The molecule has 5 nitrogen and oxygen atoms in total. The van der Waals surface area contributed by atoms with Gasteiger partial charge in [-0.15, -0.1) is 0 Å². The van der Waals surface area contributed by atoms with Gasteiger partial charge in [0.05, 0.1) is 0 Å². The van der Waals surface area contributed by atoms with Gasteiger partial charge in [-0.1, -0.05) is 6.42 Å². The van der Waals surface area contributed by atoms with E-state index in [-0.39, 0.29) is 11.8 Å². The van der Waals surface area contributed by atoms with Crippen molar-refractivity contribution in [2.75, 3.05) is 13.1 Å². The first kappa shape index (κ1) is 10.9. The number of nitrogens with zero attached hydrogens (tertiary/aromatic N) is 1. The van der Waals surface area contributed by atoms with Gasteiger partial charge in [-0.2, -0.15) is 0 Å². The third-order valence-electron chi connectivity index (χ3n) is 2.10. The molecule has 0 aromatic carbocycles. The third-order valence-corrected chi connectivity index (χ3v) is 2.10. The maximum Gasteiger partial charge on any atom is 0.253 e. The topological polar surface area (TPSA) is 75.4 Å². The minimum atomic E-state index is -0.202. The van der Waals surface area contributed by atoms with Gasteiger partial charge in [0.1, 0.15) is 0 Å². The molecule has 0 aliphatic carbocycles. The number of carbonyl (C=O) groups is 2. The monoisotopic (exact) mass is 197 g/mol. The van der Waals surface area contributed by atoms with Crippen LogP contribution in [0.4, 0.5) is 0 Å². The molecular formula is C9H15N3O2. The van der Waals surface area contributed by atoms with Crippen molar-refractivity contribution in [1.29, 1.82) is 0 Å². The molecule has 2 amide bonds. The fraction of sp³-hybridized carbons (Fsp3) is 0.556. The lowest BCUT2D eigenvalue weighted by Gasteiger charge is -2.12. The number of carbonyl (C=O) groups excluding carboxylic acids is 2. The normalized spacial score (nSPS) is 15.6. The molecule has 0 fully saturated rings. The van der Waals surface area contributed by atoms with E-state index in [1.807, 2.05) is 0 Å². The number of amides is 2. The van der Waals surface area contributed by atoms with E-state index in [4.69, 9.17) is 5.84 Å². The molecule has 0 aromatic heterocycles. The molecular weight excluding hydrogens is 182 g/mol. The van der Waals surface area contributed by atoms with Crippen molar-refractivity contribution in [1.82, 2.24) is 10.3 Å². The van der Waals surface area contributed by atoms with Crippen LogP contribution in [0.15, 0.2) is 12.2 Å². The number of nitrogens with two attached hydrogens (primary N) is 1. The highest BCUT2D eigenvalue weighted by Gasteiger charge is 2.21. The molecule has 0 bridgehead atoms. The second-order valence-electron chi connectivity index (χ2n) is 3.18. The largest absolute Gasteiger partial charge is 0.275 e. The summed E-state index contributed by atoms with van der Waals surface area (Å²) in [7, 11) is 0. The first-order valence-corrected chi connectivity index (χ1v) is 4.72. The first-order chi connectivity index (χ1) is 6.75. The van der Waals surface area contributed by atoms with E-state index < -0.39 is 0 Å². The number of nitrogens with one attached hydrogen (secondary N) is 1. The quantitative estimate of drug-likeness (QED) is 0.261. The zero-order chi connectivity index (χ0) is 10.4. The summed E-state index contributed by atoms with van der Waals surface area (Å²) in [5.41, 5.74) is 2.55. The van der Waals surface area contributed by atoms with Crippen molar-refractivity contribution in [3.63, 3.8) is 0 Å². The molecule has 0 saturated heterocycles. The number of hydrogen-bond acceptors (Lipinski definition) is 4. The SMILES string of the molecule is NNCCCCCN1C(=O)C=CC1=O. The minimum absolute atomic E-state index is 0.202. The van der Waals surface area contributed by atoms with E-state index in [9.17, 15) is 9.59 Å². The number of unbranched alkanes of at least 4 members (excludes halogenated alkanes) is 2. The van der Waals surface area contributed by atoms with Gasteiger partial charge >= 0.3 is 0 Å².